The number of carbonyl (C=O) groups excluding carboxylic acids is 1. The number of hydrogen-bond acceptors (Lipinski definition) is 4. The Morgan fingerprint density at radius 1 is 1.47 bits per heavy atom. The lowest BCUT2D eigenvalue weighted by Gasteiger charge is -2.22. The molecule has 0 N–H and O–H groups in total. The molecule has 1 atom stereocenters. The third-order valence-corrected chi connectivity index (χ3v) is 2.35. The Bertz CT molecular complexity index is 271. The van der Waals surface area contributed by atoms with E-state index in [-0.39, 0.29) is 6.29 Å². The zero-order valence-corrected chi connectivity index (χ0v) is 10.4. The van der Waals surface area contributed by atoms with Gasteiger partial charge in [-0.05, 0) is 32.6 Å². The van der Waals surface area contributed by atoms with Crippen molar-refractivity contribution >= 4 is 5.97 Å². The molecule has 0 radical (unpaired) electrons. The highest BCUT2D eigenvalue weighted by molar-refractivity contribution is 5.88. The van der Waals surface area contributed by atoms with Gasteiger partial charge in [-0.25, -0.2) is 4.79 Å². The van der Waals surface area contributed by atoms with Gasteiger partial charge in [0.1, 0.15) is 0 Å². The number of esters is 1. The molecule has 1 heterocycles. The molecular weight excluding hydrogens is 220 g/mol. The molecule has 0 amide bonds. The van der Waals surface area contributed by atoms with E-state index < -0.39 is 5.97 Å². The molecule has 1 saturated heterocycles. The van der Waals surface area contributed by atoms with Crippen LogP contribution in [-0.2, 0) is 19.0 Å². The molecule has 0 saturated carbocycles. The first-order valence-electron chi connectivity index (χ1n) is 6.21. The highest BCUT2D eigenvalue weighted by atomic mass is 16.7. The van der Waals surface area contributed by atoms with Crippen molar-refractivity contribution in [2.24, 2.45) is 0 Å². The van der Waals surface area contributed by atoms with Crippen LogP contribution in [0.4, 0.5) is 0 Å². The summed E-state index contributed by atoms with van der Waals surface area (Å²) in [5.74, 6) is 4.73. The number of ether oxygens (including phenoxy) is 3. The van der Waals surface area contributed by atoms with Gasteiger partial charge in [-0.2, -0.15) is 0 Å². The van der Waals surface area contributed by atoms with Crippen LogP contribution < -0.4 is 0 Å². The fourth-order valence-electron chi connectivity index (χ4n) is 1.52. The molecular formula is C13H20O4. The maximum absolute atomic E-state index is 10.9. The minimum Gasteiger partial charge on any atom is -0.456 e. The van der Waals surface area contributed by atoms with E-state index in [1.165, 1.54) is 6.42 Å². The monoisotopic (exact) mass is 240 g/mol. The molecule has 1 fully saturated rings. The van der Waals surface area contributed by atoms with E-state index in [0.717, 1.165) is 25.9 Å². The van der Waals surface area contributed by atoms with Gasteiger partial charge in [0.15, 0.2) is 6.29 Å². The maximum atomic E-state index is 10.9. The minimum atomic E-state index is -0.455. The summed E-state index contributed by atoms with van der Waals surface area (Å²) in [5, 5.41) is 0. The summed E-state index contributed by atoms with van der Waals surface area (Å²) in [7, 11) is 0. The summed E-state index contributed by atoms with van der Waals surface area (Å²) < 4.78 is 15.6. The average molecular weight is 240 g/mol. The fourth-order valence-corrected chi connectivity index (χ4v) is 1.52. The van der Waals surface area contributed by atoms with Crippen molar-refractivity contribution in [1.82, 2.24) is 0 Å². The topological polar surface area (TPSA) is 44.8 Å². The molecule has 1 aliphatic heterocycles. The minimum absolute atomic E-state index is 0.0400. The Morgan fingerprint density at radius 3 is 3.06 bits per heavy atom. The van der Waals surface area contributed by atoms with E-state index in [2.05, 4.69) is 16.6 Å². The quantitative estimate of drug-likeness (QED) is 0.318. The van der Waals surface area contributed by atoms with Gasteiger partial charge in [0.25, 0.3) is 0 Å². The van der Waals surface area contributed by atoms with E-state index in [9.17, 15) is 4.79 Å². The summed E-state index contributed by atoms with van der Waals surface area (Å²) in [6.07, 6.45) is 4.70. The van der Waals surface area contributed by atoms with Crippen LogP contribution >= 0.6 is 0 Å². The first-order valence-corrected chi connectivity index (χ1v) is 6.21. The Labute approximate surface area is 103 Å². The highest BCUT2D eigenvalue weighted by Gasteiger charge is 2.12. The molecule has 4 heteroatoms. The second-order valence-electron chi connectivity index (χ2n) is 3.79. The molecule has 96 valence electrons. The standard InChI is InChI=1S/C13H20O4/c1-2-15-12(14)8-4-3-6-10-16-13-9-5-7-11-17-13/h13H,2-3,5-7,9-11H2,1H3. The van der Waals surface area contributed by atoms with Crippen LogP contribution in [0.3, 0.4) is 0 Å². The Hall–Kier alpha value is -1.05. The summed E-state index contributed by atoms with van der Waals surface area (Å²) in [5.41, 5.74) is 0. The molecule has 0 aliphatic carbocycles. The largest absolute Gasteiger partial charge is 0.456 e. The molecule has 0 aromatic rings. The van der Waals surface area contributed by atoms with Crippen LogP contribution in [0, 0.1) is 11.8 Å². The first-order chi connectivity index (χ1) is 8.33. The SMILES string of the molecule is CCOC(=O)C#CCCCOC1CCCCO1. The smallest absolute Gasteiger partial charge is 0.384 e. The fraction of sp³-hybridized carbons (Fsp3) is 0.769. The number of hydrogen-bond donors (Lipinski definition) is 0. The molecule has 0 aromatic heterocycles. The lowest BCUT2D eigenvalue weighted by Crippen LogP contribution is -2.22. The van der Waals surface area contributed by atoms with Crippen molar-refractivity contribution in [2.75, 3.05) is 19.8 Å². The van der Waals surface area contributed by atoms with Gasteiger partial charge < -0.3 is 14.2 Å². The third-order valence-electron chi connectivity index (χ3n) is 2.35. The van der Waals surface area contributed by atoms with Crippen molar-refractivity contribution in [1.29, 1.82) is 0 Å². The predicted molar refractivity (Wildman–Crippen MR) is 63.2 cm³/mol. The van der Waals surface area contributed by atoms with Gasteiger partial charge in [0.05, 0.1) is 13.2 Å². The van der Waals surface area contributed by atoms with E-state index in [0.29, 0.717) is 19.6 Å². The Kier molecular flexibility index (Phi) is 7.44. The lowest BCUT2D eigenvalue weighted by molar-refractivity contribution is -0.162. The lowest BCUT2D eigenvalue weighted by atomic mass is 10.2. The summed E-state index contributed by atoms with van der Waals surface area (Å²) in [6.45, 7) is 3.56. The van der Waals surface area contributed by atoms with Gasteiger partial charge >= 0.3 is 5.97 Å². The zero-order chi connectivity index (χ0) is 12.3. The predicted octanol–water partition coefficient (Wildman–Crippen LogP) is 1.88. The molecule has 0 spiro atoms. The normalized spacial score (nSPS) is 19.2. The second kappa shape index (κ2) is 9.03. The van der Waals surface area contributed by atoms with Crippen molar-refractivity contribution in [3.8, 4) is 11.8 Å². The number of unbranched alkanes of at least 4 members (excludes halogenated alkanes) is 1. The summed E-state index contributed by atoms with van der Waals surface area (Å²) in [6, 6.07) is 0. The van der Waals surface area contributed by atoms with Crippen LogP contribution in [0.25, 0.3) is 0 Å². The van der Waals surface area contributed by atoms with E-state index in [1.54, 1.807) is 6.92 Å². The van der Waals surface area contributed by atoms with E-state index in [1.807, 2.05) is 0 Å². The highest BCUT2D eigenvalue weighted by Crippen LogP contribution is 2.13. The van der Waals surface area contributed by atoms with Gasteiger partial charge in [0.2, 0.25) is 0 Å². The third kappa shape index (κ3) is 6.98. The molecule has 17 heavy (non-hydrogen) atoms. The summed E-state index contributed by atoms with van der Waals surface area (Å²) in [4.78, 5) is 10.9. The van der Waals surface area contributed by atoms with Crippen LogP contribution in [0.15, 0.2) is 0 Å². The van der Waals surface area contributed by atoms with Crippen molar-refractivity contribution in [3.63, 3.8) is 0 Å². The van der Waals surface area contributed by atoms with Crippen molar-refractivity contribution in [3.05, 3.63) is 0 Å². The molecule has 0 aromatic carbocycles. The van der Waals surface area contributed by atoms with Gasteiger partial charge in [0, 0.05) is 18.9 Å². The average Bonchev–Trinajstić information content (AvgIpc) is 2.35. The molecule has 1 aliphatic rings. The van der Waals surface area contributed by atoms with Crippen LogP contribution in [0.1, 0.15) is 39.0 Å². The van der Waals surface area contributed by atoms with Gasteiger partial charge in [-0.1, -0.05) is 5.92 Å². The van der Waals surface area contributed by atoms with E-state index in [4.69, 9.17) is 9.47 Å². The first kappa shape index (κ1) is 14.0. The van der Waals surface area contributed by atoms with Crippen molar-refractivity contribution < 1.29 is 19.0 Å². The Balaban J connectivity index is 1.98. The van der Waals surface area contributed by atoms with Crippen LogP contribution in [0.5, 0.6) is 0 Å². The second-order valence-corrected chi connectivity index (χ2v) is 3.79. The zero-order valence-electron chi connectivity index (χ0n) is 10.4. The molecule has 1 rings (SSSR count). The van der Waals surface area contributed by atoms with Crippen LogP contribution in [-0.4, -0.2) is 32.1 Å². The number of carbonyl (C=O) groups is 1. The molecule has 0 bridgehead atoms. The van der Waals surface area contributed by atoms with Gasteiger partial charge in [-0.3, -0.25) is 0 Å². The van der Waals surface area contributed by atoms with Gasteiger partial charge in [-0.15, -0.1) is 0 Å². The number of rotatable bonds is 5. The van der Waals surface area contributed by atoms with E-state index >= 15 is 0 Å². The maximum Gasteiger partial charge on any atom is 0.384 e. The summed E-state index contributed by atoms with van der Waals surface area (Å²) >= 11 is 0. The molecule has 1 unspecified atom stereocenters. The molecule has 4 nitrogen and oxygen atoms in total. The van der Waals surface area contributed by atoms with Crippen molar-refractivity contribution in [2.45, 2.75) is 45.3 Å². The van der Waals surface area contributed by atoms with Crippen LogP contribution in [0.2, 0.25) is 0 Å². The Morgan fingerprint density at radius 2 is 2.35 bits per heavy atom.